The summed E-state index contributed by atoms with van der Waals surface area (Å²) in [7, 11) is 1.65. The second kappa shape index (κ2) is 6.68. The molecule has 1 aliphatic rings. The second-order valence-electron chi connectivity index (χ2n) is 5.49. The van der Waals surface area contributed by atoms with Crippen molar-refractivity contribution in [2.75, 3.05) is 7.05 Å². The van der Waals surface area contributed by atoms with E-state index in [1.165, 1.54) is 4.90 Å². The minimum atomic E-state index is -4.16. The minimum absolute atomic E-state index is 0.0118. The van der Waals surface area contributed by atoms with E-state index in [1.54, 1.807) is 18.4 Å². The van der Waals surface area contributed by atoms with Crippen LogP contribution in [0, 0.1) is 5.92 Å². The maximum absolute atomic E-state index is 12.7. The Bertz CT molecular complexity index is 461. The molecule has 0 radical (unpaired) electrons. The van der Waals surface area contributed by atoms with E-state index < -0.39 is 12.1 Å². The minimum Gasteiger partial charge on any atom is -0.335 e. The lowest BCUT2D eigenvalue weighted by atomic mass is 9.85. The van der Waals surface area contributed by atoms with Crippen molar-refractivity contribution in [2.45, 2.75) is 44.4 Å². The number of hydrogen-bond donors (Lipinski definition) is 1. The molecule has 0 bridgehead atoms. The van der Waals surface area contributed by atoms with Crippen LogP contribution >= 0.6 is 11.3 Å². The predicted octanol–water partition coefficient (Wildman–Crippen LogP) is 4.01. The number of carbonyl (C=O) groups excluding carboxylic acids is 1. The third-order valence-electron chi connectivity index (χ3n) is 3.78. The summed E-state index contributed by atoms with van der Waals surface area (Å²) in [6.45, 7) is 0.471. The van der Waals surface area contributed by atoms with Gasteiger partial charge in [0.15, 0.2) is 0 Å². The molecule has 2 rings (SSSR count). The number of urea groups is 1. The van der Waals surface area contributed by atoms with Gasteiger partial charge in [-0.05, 0) is 30.7 Å². The standard InChI is InChI=1S/C14H19F3N2OS/c1-19(9-12-6-3-7-21-12)13(20)18-11-5-2-4-10(8-11)14(15,16)17/h3,6-7,10-11H,2,4-5,8-9H2,1H3,(H,18,20)/t10-,11+/m1/s1. The van der Waals surface area contributed by atoms with Gasteiger partial charge >= 0.3 is 12.2 Å². The summed E-state index contributed by atoms with van der Waals surface area (Å²) in [4.78, 5) is 14.6. The van der Waals surface area contributed by atoms with Crippen molar-refractivity contribution in [1.29, 1.82) is 0 Å². The first-order valence-electron chi connectivity index (χ1n) is 6.97. The molecule has 2 atom stereocenters. The molecule has 1 aliphatic carbocycles. The molecule has 1 aromatic rings. The zero-order valence-electron chi connectivity index (χ0n) is 11.8. The van der Waals surface area contributed by atoms with E-state index in [4.69, 9.17) is 0 Å². The highest BCUT2D eigenvalue weighted by molar-refractivity contribution is 7.09. The number of thiophene rings is 1. The summed E-state index contributed by atoms with van der Waals surface area (Å²) in [5.41, 5.74) is 0. The van der Waals surface area contributed by atoms with Crippen LogP contribution in [0.2, 0.25) is 0 Å². The van der Waals surface area contributed by atoms with Crippen molar-refractivity contribution < 1.29 is 18.0 Å². The van der Waals surface area contributed by atoms with Gasteiger partial charge in [0.25, 0.3) is 0 Å². The summed E-state index contributed by atoms with van der Waals surface area (Å²) in [6.07, 6.45) is -2.88. The molecule has 0 aliphatic heterocycles. The van der Waals surface area contributed by atoms with Gasteiger partial charge in [0.1, 0.15) is 0 Å². The van der Waals surface area contributed by atoms with Gasteiger partial charge in [-0.3, -0.25) is 0 Å². The van der Waals surface area contributed by atoms with Gasteiger partial charge in [0.05, 0.1) is 12.5 Å². The molecule has 0 saturated heterocycles. The van der Waals surface area contributed by atoms with Crippen molar-refractivity contribution in [1.82, 2.24) is 10.2 Å². The van der Waals surface area contributed by atoms with Gasteiger partial charge in [0, 0.05) is 18.0 Å². The quantitative estimate of drug-likeness (QED) is 0.896. The summed E-state index contributed by atoms with van der Waals surface area (Å²) < 4.78 is 38.2. The summed E-state index contributed by atoms with van der Waals surface area (Å²) in [6, 6.07) is 3.13. The van der Waals surface area contributed by atoms with Crippen LogP contribution in [0.15, 0.2) is 17.5 Å². The molecule has 1 heterocycles. The average Bonchev–Trinajstić information content (AvgIpc) is 2.91. The Balaban J connectivity index is 1.84. The molecule has 1 N–H and O–H groups in total. The van der Waals surface area contributed by atoms with E-state index in [0.717, 1.165) is 4.88 Å². The molecule has 0 spiro atoms. The summed E-state index contributed by atoms with van der Waals surface area (Å²) in [5, 5.41) is 4.65. The van der Waals surface area contributed by atoms with Gasteiger partial charge in [-0.25, -0.2) is 4.79 Å². The molecule has 21 heavy (non-hydrogen) atoms. The van der Waals surface area contributed by atoms with Crippen LogP contribution in [0.5, 0.6) is 0 Å². The normalized spacial score (nSPS) is 22.9. The van der Waals surface area contributed by atoms with Crippen LogP contribution in [-0.2, 0) is 6.54 Å². The van der Waals surface area contributed by atoms with Crippen LogP contribution in [0.4, 0.5) is 18.0 Å². The fourth-order valence-electron chi connectivity index (χ4n) is 2.61. The fraction of sp³-hybridized carbons (Fsp3) is 0.643. The van der Waals surface area contributed by atoms with E-state index in [0.29, 0.717) is 19.4 Å². The number of amides is 2. The van der Waals surface area contributed by atoms with Crippen molar-refractivity contribution in [3.63, 3.8) is 0 Å². The molecule has 7 heteroatoms. The molecule has 1 aromatic heterocycles. The number of carbonyl (C=O) groups is 1. The maximum atomic E-state index is 12.7. The third-order valence-corrected chi connectivity index (χ3v) is 4.65. The Morgan fingerprint density at radius 3 is 2.86 bits per heavy atom. The Morgan fingerprint density at radius 1 is 1.48 bits per heavy atom. The SMILES string of the molecule is CN(Cc1cccs1)C(=O)N[C@H]1CCC[C@@H](C(F)(F)F)C1. The summed E-state index contributed by atoms with van der Waals surface area (Å²) >= 11 is 1.55. The zero-order valence-corrected chi connectivity index (χ0v) is 12.6. The molecule has 118 valence electrons. The van der Waals surface area contributed by atoms with Crippen molar-refractivity contribution in [3.8, 4) is 0 Å². The first-order valence-corrected chi connectivity index (χ1v) is 7.85. The van der Waals surface area contributed by atoms with E-state index in [-0.39, 0.29) is 24.9 Å². The van der Waals surface area contributed by atoms with Crippen molar-refractivity contribution >= 4 is 17.4 Å². The number of nitrogens with zero attached hydrogens (tertiary/aromatic N) is 1. The molecule has 3 nitrogen and oxygen atoms in total. The summed E-state index contributed by atoms with van der Waals surface area (Å²) in [5.74, 6) is -1.29. The predicted molar refractivity (Wildman–Crippen MR) is 76.1 cm³/mol. The van der Waals surface area contributed by atoms with Crippen molar-refractivity contribution in [3.05, 3.63) is 22.4 Å². The number of rotatable bonds is 3. The van der Waals surface area contributed by atoms with Gasteiger partial charge in [-0.2, -0.15) is 13.2 Å². The van der Waals surface area contributed by atoms with Crippen LogP contribution in [0.3, 0.4) is 0 Å². The largest absolute Gasteiger partial charge is 0.391 e. The molecule has 0 aromatic carbocycles. The molecule has 2 amide bonds. The highest BCUT2D eigenvalue weighted by atomic mass is 32.1. The highest BCUT2D eigenvalue weighted by Crippen LogP contribution is 2.37. The lowest BCUT2D eigenvalue weighted by Crippen LogP contribution is -2.46. The zero-order chi connectivity index (χ0) is 15.5. The third kappa shape index (κ3) is 4.62. The first kappa shape index (κ1) is 16.1. The Labute approximate surface area is 126 Å². The Kier molecular flexibility index (Phi) is 5.13. The lowest BCUT2D eigenvalue weighted by molar-refractivity contribution is -0.183. The van der Waals surface area contributed by atoms with E-state index in [2.05, 4.69) is 5.32 Å². The van der Waals surface area contributed by atoms with E-state index in [9.17, 15) is 18.0 Å². The van der Waals surface area contributed by atoms with E-state index in [1.807, 2.05) is 17.5 Å². The lowest BCUT2D eigenvalue weighted by Gasteiger charge is -2.32. The highest BCUT2D eigenvalue weighted by Gasteiger charge is 2.42. The average molecular weight is 320 g/mol. The molecule has 0 unspecified atom stereocenters. The molecular weight excluding hydrogens is 301 g/mol. The first-order chi connectivity index (χ1) is 9.86. The number of nitrogens with one attached hydrogen (secondary N) is 1. The van der Waals surface area contributed by atoms with Gasteiger partial charge in [0.2, 0.25) is 0 Å². The van der Waals surface area contributed by atoms with Crippen LogP contribution < -0.4 is 5.32 Å². The second-order valence-corrected chi connectivity index (χ2v) is 6.52. The number of hydrogen-bond acceptors (Lipinski definition) is 2. The fourth-order valence-corrected chi connectivity index (χ4v) is 3.37. The van der Waals surface area contributed by atoms with Crippen LogP contribution in [0.1, 0.15) is 30.6 Å². The number of alkyl halides is 3. The topological polar surface area (TPSA) is 32.3 Å². The maximum Gasteiger partial charge on any atom is 0.391 e. The Hall–Kier alpha value is -1.24. The van der Waals surface area contributed by atoms with Gasteiger partial charge < -0.3 is 10.2 Å². The van der Waals surface area contributed by atoms with Gasteiger partial charge in [-0.1, -0.05) is 12.5 Å². The van der Waals surface area contributed by atoms with Gasteiger partial charge in [-0.15, -0.1) is 11.3 Å². The van der Waals surface area contributed by atoms with E-state index >= 15 is 0 Å². The molecule has 1 saturated carbocycles. The van der Waals surface area contributed by atoms with Crippen LogP contribution in [0.25, 0.3) is 0 Å². The molecular formula is C14H19F3N2OS. The molecule has 1 fully saturated rings. The van der Waals surface area contributed by atoms with Crippen molar-refractivity contribution in [2.24, 2.45) is 5.92 Å². The van der Waals surface area contributed by atoms with Crippen LogP contribution in [-0.4, -0.2) is 30.2 Å². The monoisotopic (exact) mass is 320 g/mol. The number of halogens is 3. The Morgan fingerprint density at radius 2 is 2.24 bits per heavy atom. The smallest absolute Gasteiger partial charge is 0.335 e.